The third-order valence-electron chi connectivity index (χ3n) is 5.59. The number of hydrogen-bond donors (Lipinski definition) is 0. The van der Waals surface area contributed by atoms with Gasteiger partial charge in [0.05, 0.1) is 16.9 Å². The summed E-state index contributed by atoms with van der Waals surface area (Å²) in [5, 5.41) is 1.13. The van der Waals surface area contributed by atoms with Gasteiger partial charge in [0.1, 0.15) is 18.2 Å². The standard InChI is InChI=1S/C29H25N3O/c1-32(2)28-19-18-26(29(31-28)23-9-4-3-5-10-23)21-13-16-25(17-14-21)33-20-24-15-12-22-8-6-7-11-27(22)30-24/h3-19H,20H2,1-2H3. The van der Waals surface area contributed by atoms with Crippen LogP contribution >= 0.6 is 0 Å². The van der Waals surface area contributed by atoms with Crippen molar-refractivity contribution in [1.82, 2.24) is 9.97 Å². The maximum Gasteiger partial charge on any atom is 0.130 e. The molecule has 0 unspecified atom stereocenters. The number of nitrogens with zero attached hydrogens (tertiary/aromatic N) is 3. The van der Waals surface area contributed by atoms with E-state index in [4.69, 9.17) is 9.72 Å². The number of para-hydroxylation sites is 1. The van der Waals surface area contributed by atoms with Crippen LogP contribution in [-0.4, -0.2) is 24.1 Å². The molecule has 33 heavy (non-hydrogen) atoms. The second kappa shape index (κ2) is 9.13. The van der Waals surface area contributed by atoms with Gasteiger partial charge in [-0.1, -0.05) is 66.7 Å². The van der Waals surface area contributed by atoms with Crippen molar-refractivity contribution in [2.75, 3.05) is 19.0 Å². The van der Waals surface area contributed by atoms with Gasteiger partial charge >= 0.3 is 0 Å². The average molecular weight is 432 g/mol. The zero-order chi connectivity index (χ0) is 22.6. The Balaban J connectivity index is 1.38. The largest absolute Gasteiger partial charge is 0.487 e. The third-order valence-corrected chi connectivity index (χ3v) is 5.59. The molecule has 0 aliphatic carbocycles. The molecule has 0 bridgehead atoms. The molecule has 3 aromatic carbocycles. The quantitative estimate of drug-likeness (QED) is 0.303. The monoisotopic (exact) mass is 431 g/mol. The second-order valence-corrected chi connectivity index (χ2v) is 8.13. The predicted octanol–water partition coefficient (Wildman–Crippen LogP) is 6.61. The molecule has 0 amide bonds. The molecule has 0 aliphatic heterocycles. The van der Waals surface area contributed by atoms with Crippen LogP contribution < -0.4 is 9.64 Å². The second-order valence-electron chi connectivity index (χ2n) is 8.13. The molecule has 0 radical (unpaired) electrons. The van der Waals surface area contributed by atoms with Crippen LogP contribution in [0.15, 0.2) is 103 Å². The summed E-state index contributed by atoms with van der Waals surface area (Å²) in [5.74, 6) is 1.74. The molecule has 0 saturated carbocycles. The van der Waals surface area contributed by atoms with E-state index in [1.807, 2.05) is 73.6 Å². The van der Waals surface area contributed by atoms with Crippen LogP contribution in [-0.2, 0) is 6.61 Å². The molecule has 0 fully saturated rings. The highest BCUT2D eigenvalue weighted by molar-refractivity contribution is 5.82. The van der Waals surface area contributed by atoms with Gasteiger partial charge in [-0.25, -0.2) is 9.97 Å². The van der Waals surface area contributed by atoms with Crippen molar-refractivity contribution in [3.8, 4) is 28.1 Å². The van der Waals surface area contributed by atoms with Crippen molar-refractivity contribution in [2.24, 2.45) is 0 Å². The molecule has 2 aromatic heterocycles. The topological polar surface area (TPSA) is 38.2 Å². The molecular formula is C29H25N3O. The first-order valence-corrected chi connectivity index (χ1v) is 11.0. The molecule has 5 rings (SSSR count). The fourth-order valence-electron chi connectivity index (χ4n) is 3.82. The highest BCUT2D eigenvalue weighted by Crippen LogP contribution is 2.33. The molecule has 5 aromatic rings. The SMILES string of the molecule is CN(C)c1ccc(-c2ccc(OCc3ccc4ccccc4n3)cc2)c(-c2ccccc2)n1. The number of benzene rings is 3. The van der Waals surface area contributed by atoms with E-state index in [1.54, 1.807) is 0 Å². The lowest BCUT2D eigenvalue weighted by atomic mass is 9.99. The maximum atomic E-state index is 6.01. The summed E-state index contributed by atoms with van der Waals surface area (Å²) < 4.78 is 6.01. The van der Waals surface area contributed by atoms with E-state index in [-0.39, 0.29) is 0 Å². The number of fused-ring (bicyclic) bond motifs is 1. The summed E-state index contributed by atoms with van der Waals surface area (Å²) in [6, 6.07) is 34.9. The Bertz CT molecular complexity index is 1380. The summed E-state index contributed by atoms with van der Waals surface area (Å²) in [5.41, 5.74) is 6.15. The van der Waals surface area contributed by atoms with E-state index in [0.717, 1.165) is 50.5 Å². The molecule has 2 heterocycles. The van der Waals surface area contributed by atoms with E-state index < -0.39 is 0 Å². The summed E-state index contributed by atoms with van der Waals surface area (Å²) >= 11 is 0. The fraction of sp³-hybridized carbons (Fsp3) is 0.103. The summed E-state index contributed by atoms with van der Waals surface area (Å²) in [6.45, 7) is 0.429. The van der Waals surface area contributed by atoms with Gasteiger partial charge in [-0.05, 0) is 42.0 Å². The van der Waals surface area contributed by atoms with Gasteiger partial charge in [0.15, 0.2) is 0 Å². The van der Waals surface area contributed by atoms with Crippen molar-refractivity contribution < 1.29 is 4.74 Å². The van der Waals surface area contributed by atoms with Gasteiger partial charge in [0, 0.05) is 30.6 Å². The van der Waals surface area contributed by atoms with Crippen LogP contribution in [0.4, 0.5) is 5.82 Å². The fourth-order valence-corrected chi connectivity index (χ4v) is 3.82. The van der Waals surface area contributed by atoms with Crippen LogP contribution in [0, 0.1) is 0 Å². The highest BCUT2D eigenvalue weighted by Gasteiger charge is 2.12. The maximum absolute atomic E-state index is 6.01. The Kier molecular flexibility index (Phi) is 5.73. The smallest absolute Gasteiger partial charge is 0.130 e. The molecule has 0 atom stereocenters. The Morgan fingerprint density at radius 3 is 2.21 bits per heavy atom. The van der Waals surface area contributed by atoms with Crippen LogP contribution in [0.2, 0.25) is 0 Å². The highest BCUT2D eigenvalue weighted by atomic mass is 16.5. The van der Waals surface area contributed by atoms with E-state index in [2.05, 4.69) is 53.5 Å². The summed E-state index contributed by atoms with van der Waals surface area (Å²) in [6.07, 6.45) is 0. The first kappa shape index (κ1) is 20.7. The number of rotatable bonds is 6. The Labute approximate surface area is 194 Å². The van der Waals surface area contributed by atoms with Crippen molar-refractivity contribution in [1.29, 1.82) is 0 Å². The van der Waals surface area contributed by atoms with Crippen LogP contribution in [0.5, 0.6) is 5.75 Å². The molecule has 0 aliphatic rings. The van der Waals surface area contributed by atoms with Crippen molar-refractivity contribution in [3.05, 3.63) is 109 Å². The predicted molar refractivity (Wildman–Crippen MR) is 136 cm³/mol. The van der Waals surface area contributed by atoms with E-state index in [9.17, 15) is 0 Å². The van der Waals surface area contributed by atoms with Gasteiger partial charge in [-0.2, -0.15) is 0 Å². The Morgan fingerprint density at radius 2 is 1.42 bits per heavy atom. The molecule has 0 N–H and O–H groups in total. The summed E-state index contributed by atoms with van der Waals surface area (Å²) in [4.78, 5) is 11.6. The molecular weight excluding hydrogens is 406 g/mol. The molecule has 4 heteroatoms. The zero-order valence-corrected chi connectivity index (χ0v) is 18.8. The minimum atomic E-state index is 0.429. The van der Waals surface area contributed by atoms with Gasteiger partial charge < -0.3 is 9.64 Å². The van der Waals surface area contributed by atoms with Crippen LogP contribution in [0.1, 0.15) is 5.69 Å². The van der Waals surface area contributed by atoms with Crippen molar-refractivity contribution >= 4 is 16.7 Å². The van der Waals surface area contributed by atoms with Gasteiger partial charge in [-0.3, -0.25) is 0 Å². The molecule has 0 spiro atoms. The minimum absolute atomic E-state index is 0.429. The summed E-state index contributed by atoms with van der Waals surface area (Å²) in [7, 11) is 4.01. The Morgan fingerprint density at radius 1 is 0.667 bits per heavy atom. The molecule has 162 valence electrons. The van der Waals surface area contributed by atoms with E-state index in [0.29, 0.717) is 6.61 Å². The van der Waals surface area contributed by atoms with Crippen molar-refractivity contribution in [3.63, 3.8) is 0 Å². The number of anilines is 1. The Hall–Kier alpha value is -4.18. The van der Waals surface area contributed by atoms with Gasteiger partial charge in [0.2, 0.25) is 0 Å². The number of aromatic nitrogens is 2. The zero-order valence-electron chi connectivity index (χ0n) is 18.8. The normalized spacial score (nSPS) is 10.8. The van der Waals surface area contributed by atoms with Crippen LogP contribution in [0.25, 0.3) is 33.3 Å². The van der Waals surface area contributed by atoms with Crippen molar-refractivity contribution in [2.45, 2.75) is 6.61 Å². The van der Waals surface area contributed by atoms with E-state index in [1.165, 1.54) is 0 Å². The number of pyridine rings is 2. The molecule has 4 nitrogen and oxygen atoms in total. The van der Waals surface area contributed by atoms with Gasteiger partial charge in [0.25, 0.3) is 0 Å². The van der Waals surface area contributed by atoms with Crippen LogP contribution in [0.3, 0.4) is 0 Å². The number of ether oxygens (including phenoxy) is 1. The van der Waals surface area contributed by atoms with Gasteiger partial charge in [-0.15, -0.1) is 0 Å². The minimum Gasteiger partial charge on any atom is -0.487 e. The third kappa shape index (κ3) is 4.55. The lowest BCUT2D eigenvalue weighted by molar-refractivity contribution is 0.302. The number of hydrogen-bond acceptors (Lipinski definition) is 4. The first-order valence-electron chi connectivity index (χ1n) is 11.0. The average Bonchev–Trinajstić information content (AvgIpc) is 2.88. The first-order chi connectivity index (χ1) is 16.2. The lowest BCUT2D eigenvalue weighted by Crippen LogP contribution is -2.11. The lowest BCUT2D eigenvalue weighted by Gasteiger charge is -2.16. The molecule has 0 saturated heterocycles. The van der Waals surface area contributed by atoms with E-state index >= 15 is 0 Å².